The first kappa shape index (κ1) is 32.7. The van der Waals surface area contributed by atoms with E-state index in [9.17, 15) is 33.6 Å². The van der Waals surface area contributed by atoms with Gasteiger partial charge in [0.05, 0.1) is 28.4 Å². The highest BCUT2D eigenvalue weighted by molar-refractivity contribution is 7.87. The fourth-order valence-corrected chi connectivity index (χ4v) is 4.86. The van der Waals surface area contributed by atoms with Crippen LogP contribution in [0.1, 0.15) is 16.7 Å². The molecule has 0 heterocycles. The first-order valence-corrected chi connectivity index (χ1v) is 13.9. The number of phenols is 1. The molecule has 0 radical (unpaired) electrons. The van der Waals surface area contributed by atoms with Crippen LogP contribution in [0.3, 0.4) is 0 Å². The molecule has 3 aromatic rings. The molecule has 0 saturated heterocycles. The van der Waals surface area contributed by atoms with Crippen LogP contribution in [0.4, 0.5) is 0 Å². The van der Waals surface area contributed by atoms with Crippen LogP contribution in [-0.2, 0) is 29.2 Å². The molecule has 0 amide bonds. The molecule has 0 aromatic heterocycles. The predicted octanol–water partition coefficient (Wildman–Crippen LogP) is 4.31. The lowest BCUT2D eigenvalue weighted by atomic mass is 9.96. The predicted molar refractivity (Wildman–Crippen MR) is 157 cm³/mol. The molecule has 12 nitrogen and oxygen atoms in total. The molecule has 13 heteroatoms. The van der Waals surface area contributed by atoms with Gasteiger partial charge in [-0.15, -0.1) is 0 Å². The number of methoxy groups -OCH3 is 4. The van der Waals surface area contributed by atoms with E-state index >= 15 is 0 Å². The number of benzene rings is 3. The van der Waals surface area contributed by atoms with E-state index in [2.05, 4.69) is 9.47 Å². The largest absolute Gasteiger partial charge is 0.504 e. The number of aryl methyl sites for hydroxylation is 1. The number of hydrogen-bond acceptors (Lipinski definition) is 12. The third-order valence-corrected chi connectivity index (χ3v) is 7.32. The fourth-order valence-electron chi connectivity index (χ4n) is 3.91. The molecular weight excluding hydrogens is 592 g/mol. The highest BCUT2D eigenvalue weighted by atomic mass is 32.2. The minimum absolute atomic E-state index is 0.0861. The molecule has 0 aliphatic rings. The van der Waals surface area contributed by atoms with Gasteiger partial charge in [-0.3, -0.25) is 0 Å². The van der Waals surface area contributed by atoms with Crippen molar-refractivity contribution in [2.75, 3.05) is 28.4 Å². The van der Waals surface area contributed by atoms with Crippen molar-refractivity contribution in [3.05, 3.63) is 76.4 Å². The lowest BCUT2D eigenvalue weighted by Gasteiger charge is -2.18. The maximum Gasteiger partial charge on any atom is 0.348 e. The van der Waals surface area contributed by atoms with E-state index in [1.807, 2.05) is 0 Å². The first-order valence-electron chi connectivity index (χ1n) is 12.5. The first-order chi connectivity index (χ1) is 20.9. The molecule has 3 rings (SSSR count). The van der Waals surface area contributed by atoms with Crippen LogP contribution in [0.15, 0.2) is 64.6 Å². The van der Waals surface area contributed by atoms with Gasteiger partial charge in [0.2, 0.25) is 0 Å². The van der Waals surface area contributed by atoms with Crippen molar-refractivity contribution < 1.29 is 46.2 Å². The van der Waals surface area contributed by atoms with Gasteiger partial charge < -0.3 is 28.2 Å². The van der Waals surface area contributed by atoms with Crippen molar-refractivity contribution in [3.63, 3.8) is 0 Å². The van der Waals surface area contributed by atoms with Gasteiger partial charge in [-0.25, -0.2) is 9.59 Å². The number of hydrogen-bond donors (Lipinski definition) is 1. The molecule has 3 aromatic carbocycles. The van der Waals surface area contributed by atoms with Gasteiger partial charge in [-0.05, 0) is 66.6 Å². The van der Waals surface area contributed by atoms with Gasteiger partial charge in [0.15, 0.2) is 23.0 Å². The van der Waals surface area contributed by atoms with Crippen LogP contribution < -0.4 is 13.7 Å². The molecule has 0 saturated carbocycles. The molecule has 0 unspecified atom stereocenters. The van der Waals surface area contributed by atoms with Gasteiger partial charge in [0.25, 0.3) is 0 Å². The second-order valence-corrected chi connectivity index (χ2v) is 10.4. The van der Waals surface area contributed by atoms with Crippen LogP contribution in [0.5, 0.6) is 23.0 Å². The number of phenolic OH excluding ortho intramolecular Hbond substituents is 1. The Labute approximate surface area is 253 Å². The van der Waals surface area contributed by atoms with Crippen molar-refractivity contribution in [1.82, 2.24) is 0 Å². The summed E-state index contributed by atoms with van der Waals surface area (Å²) in [6.45, 7) is 1.78. The summed E-state index contributed by atoms with van der Waals surface area (Å²) in [4.78, 5) is 24.0. The quantitative estimate of drug-likeness (QED) is 0.147. The summed E-state index contributed by atoms with van der Waals surface area (Å²) in [5.74, 6) is -2.97. The lowest BCUT2D eigenvalue weighted by Crippen LogP contribution is -2.11. The van der Waals surface area contributed by atoms with Crippen molar-refractivity contribution in [3.8, 4) is 46.3 Å². The zero-order chi connectivity index (χ0) is 32.6. The van der Waals surface area contributed by atoms with E-state index in [4.69, 9.17) is 13.7 Å². The van der Waals surface area contributed by atoms with E-state index in [0.29, 0.717) is 0 Å². The van der Waals surface area contributed by atoms with Crippen LogP contribution in [0, 0.1) is 29.6 Å². The zero-order valence-corrected chi connectivity index (χ0v) is 25.0. The Kier molecular flexibility index (Phi) is 10.3. The van der Waals surface area contributed by atoms with E-state index in [1.165, 1.54) is 62.8 Å². The van der Waals surface area contributed by atoms with Gasteiger partial charge in [-0.1, -0.05) is 17.7 Å². The van der Waals surface area contributed by atoms with Crippen LogP contribution in [0.2, 0.25) is 0 Å². The van der Waals surface area contributed by atoms with E-state index < -0.39 is 33.4 Å². The highest BCUT2D eigenvalue weighted by Gasteiger charge is 2.26. The maximum absolute atomic E-state index is 13.4. The zero-order valence-electron chi connectivity index (χ0n) is 24.2. The van der Waals surface area contributed by atoms with Crippen molar-refractivity contribution in [1.29, 1.82) is 10.5 Å². The summed E-state index contributed by atoms with van der Waals surface area (Å²) in [5.41, 5.74) is 0.199. The number of esters is 2. The van der Waals surface area contributed by atoms with Crippen LogP contribution >= 0.6 is 0 Å². The van der Waals surface area contributed by atoms with Crippen LogP contribution in [-0.4, -0.2) is 53.9 Å². The molecule has 44 heavy (non-hydrogen) atoms. The minimum Gasteiger partial charge on any atom is -0.504 e. The normalized spacial score (nSPS) is 11.5. The molecule has 0 fully saturated rings. The second kappa shape index (κ2) is 13.9. The topological polar surface area (TPSA) is 182 Å². The van der Waals surface area contributed by atoms with Crippen molar-refractivity contribution in [2.24, 2.45) is 0 Å². The molecule has 0 aliphatic heterocycles. The summed E-state index contributed by atoms with van der Waals surface area (Å²) in [6, 6.07) is 14.6. The molecule has 0 aliphatic carbocycles. The molecule has 0 spiro atoms. The third-order valence-electron chi connectivity index (χ3n) is 6.08. The highest BCUT2D eigenvalue weighted by Crippen LogP contribution is 2.47. The summed E-state index contributed by atoms with van der Waals surface area (Å²) in [5, 5.41) is 30.2. The fraction of sp³-hybridized carbons (Fsp3) is 0.161. The number of ether oxygens (including phenoxy) is 4. The number of nitrogens with zero attached hydrogens (tertiary/aromatic N) is 2. The molecule has 0 bridgehead atoms. The SMILES string of the molecule is COC(=O)/C(C#N)=C/c1cc(OC)c(O)c(-c2cc(/C=C(\C#N)C(=O)OC)cc(OC)c2OS(=O)(=O)c2ccc(C)cc2)c1. The Bertz CT molecular complexity index is 1860. The van der Waals surface area contributed by atoms with Crippen molar-refractivity contribution >= 4 is 34.2 Å². The Balaban J connectivity index is 2.43. The average Bonchev–Trinajstić information content (AvgIpc) is 3.02. The van der Waals surface area contributed by atoms with Crippen molar-refractivity contribution in [2.45, 2.75) is 11.8 Å². The standard InChI is InChI=1S/C31H26N2O10S/c1-18-6-8-23(9-7-18)44(37,38)43-29-25(13-20(15-27(29)40-3)11-22(17-33)31(36)42-5)24-12-19(14-26(39-2)28(24)34)10-21(16-32)30(35)41-4/h6-15,34H,1-5H3/b21-10+,22-11+. The van der Waals surface area contributed by atoms with Gasteiger partial charge >= 0.3 is 22.1 Å². The van der Waals surface area contributed by atoms with E-state index in [0.717, 1.165) is 19.8 Å². The van der Waals surface area contributed by atoms with Gasteiger partial charge in [-0.2, -0.15) is 18.9 Å². The van der Waals surface area contributed by atoms with E-state index in [-0.39, 0.29) is 50.0 Å². The van der Waals surface area contributed by atoms with Gasteiger partial charge in [0.1, 0.15) is 28.2 Å². The Morgan fingerprint density at radius 1 is 0.773 bits per heavy atom. The second-order valence-electron chi connectivity index (χ2n) is 8.89. The number of carbonyl (C=O) groups is 2. The Morgan fingerprint density at radius 3 is 1.70 bits per heavy atom. The summed E-state index contributed by atoms with van der Waals surface area (Å²) in [7, 11) is 0.210. The monoisotopic (exact) mass is 618 g/mol. The van der Waals surface area contributed by atoms with Crippen LogP contribution in [0.25, 0.3) is 23.3 Å². The maximum atomic E-state index is 13.4. The lowest BCUT2D eigenvalue weighted by molar-refractivity contribution is -0.136. The number of carbonyl (C=O) groups excluding carboxylic acids is 2. The third kappa shape index (κ3) is 7.15. The smallest absolute Gasteiger partial charge is 0.348 e. The summed E-state index contributed by atoms with van der Waals surface area (Å²) in [6.07, 6.45) is 2.34. The van der Waals surface area contributed by atoms with Gasteiger partial charge in [0, 0.05) is 11.1 Å². The molecule has 1 N–H and O–H groups in total. The summed E-state index contributed by atoms with van der Waals surface area (Å²) >= 11 is 0. The molecule has 0 atom stereocenters. The molecular formula is C31H26N2O10S. The average molecular weight is 619 g/mol. The Hall–Kier alpha value is -5.79. The molecule has 226 valence electrons. The number of aromatic hydroxyl groups is 1. The number of rotatable bonds is 10. The minimum atomic E-state index is -4.48. The Morgan fingerprint density at radius 2 is 1.25 bits per heavy atom. The van der Waals surface area contributed by atoms with E-state index in [1.54, 1.807) is 31.2 Å². The summed E-state index contributed by atoms with van der Waals surface area (Å²) < 4.78 is 52.4. The number of nitriles is 2.